The van der Waals surface area contributed by atoms with Gasteiger partial charge < -0.3 is 22.9 Å². The van der Waals surface area contributed by atoms with Crippen molar-refractivity contribution in [3.05, 3.63) is 0 Å². The molecule has 0 aliphatic heterocycles. The van der Waals surface area contributed by atoms with Gasteiger partial charge in [0.15, 0.2) is 11.3 Å². The molecule has 56 valence electrons. The highest BCUT2D eigenvalue weighted by molar-refractivity contribution is 6.36. The molecule has 8 N–H and O–H groups in total. The molecular formula is C4H8N4O2. The number of nitrogens with two attached hydrogens (primary N) is 4. The first-order valence-corrected chi connectivity index (χ1v) is 2.56. The van der Waals surface area contributed by atoms with Crippen LogP contribution in [-0.2, 0) is 9.59 Å². The molecule has 6 nitrogen and oxygen atoms in total. The highest BCUT2D eigenvalue weighted by Crippen LogP contribution is 2.19. The summed E-state index contributed by atoms with van der Waals surface area (Å²) in [7, 11) is 0. The highest BCUT2D eigenvalue weighted by Gasteiger charge is 2.65. The monoisotopic (exact) mass is 144 g/mol. The Hall–Kier alpha value is -0.820. The fraction of sp³-hybridized carbons (Fsp3) is 0.500. The van der Waals surface area contributed by atoms with Crippen LogP contribution >= 0.6 is 0 Å². The number of Topliss-reactive ketones (excluding diaryl/α,β-unsaturated/α-hetero) is 2. The van der Waals surface area contributed by atoms with E-state index in [-0.39, 0.29) is 0 Å². The van der Waals surface area contributed by atoms with Gasteiger partial charge in [-0.2, -0.15) is 0 Å². The molecule has 1 saturated carbocycles. The van der Waals surface area contributed by atoms with Crippen molar-refractivity contribution in [2.45, 2.75) is 11.3 Å². The lowest BCUT2D eigenvalue weighted by Gasteiger charge is -2.42. The fourth-order valence-electron chi connectivity index (χ4n) is 0.828. The normalized spacial score (nSPS) is 28.0. The van der Waals surface area contributed by atoms with E-state index in [4.69, 9.17) is 22.9 Å². The van der Waals surface area contributed by atoms with Crippen molar-refractivity contribution in [2.75, 3.05) is 0 Å². The van der Waals surface area contributed by atoms with Crippen molar-refractivity contribution in [1.29, 1.82) is 0 Å². The van der Waals surface area contributed by atoms with Crippen LogP contribution in [0.1, 0.15) is 0 Å². The number of carbonyl (C=O) groups is 2. The zero-order valence-corrected chi connectivity index (χ0v) is 5.13. The number of ketones is 2. The molecule has 0 saturated heterocycles. The number of carbonyl (C=O) groups excluding carboxylic acids is 2. The van der Waals surface area contributed by atoms with Crippen molar-refractivity contribution >= 4 is 11.6 Å². The van der Waals surface area contributed by atoms with Crippen LogP contribution in [0, 0.1) is 0 Å². The molecule has 0 radical (unpaired) electrons. The van der Waals surface area contributed by atoms with Crippen LogP contribution in [0.4, 0.5) is 0 Å². The molecule has 0 aromatic heterocycles. The zero-order valence-electron chi connectivity index (χ0n) is 5.13. The minimum atomic E-state index is -1.95. The molecule has 1 aliphatic rings. The maximum Gasteiger partial charge on any atom is 0.216 e. The average molecular weight is 144 g/mol. The smallest absolute Gasteiger partial charge is 0.216 e. The Morgan fingerprint density at radius 2 is 1.00 bits per heavy atom. The standard InChI is InChI=1S/C4H8N4O2/c5-3(6)1(9)4(7,8)2(3)10/h5-8H2. The van der Waals surface area contributed by atoms with Crippen LogP contribution < -0.4 is 22.9 Å². The third kappa shape index (κ3) is 0.510. The van der Waals surface area contributed by atoms with E-state index in [9.17, 15) is 9.59 Å². The average Bonchev–Trinajstić information content (AvgIpc) is 1.84. The summed E-state index contributed by atoms with van der Waals surface area (Å²) < 4.78 is 0. The van der Waals surface area contributed by atoms with Crippen LogP contribution in [0.15, 0.2) is 0 Å². The summed E-state index contributed by atoms with van der Waals surface area (Å²) in [5, 5.41) is 0. The molecule has 1 aliphatic carbocycles. The molecule has 0 bridgehead atoms. The first-order valence-electron chi connectivity index (χ1n) is 2.56. The third-order valence-electron chi connectivity index (χ3n) is 1.50. The van der Waals surface area contributed by atoms with Gasteiger partial charge in [0.1, 0.15) is 0 Å². The molecule has 0 spiro atoms. The first kappa shape index (κ1) is 7.29. The van der Waals surface area contributed by atoms with E-state index in [1.54, 1.807) is 0 Å². The SMILES string of the molecule is NC1(N)C(=O)C(N)(N)C1=O. The van der Waals surface area contributed by atoms with Gasteiger partial charge in [-0.3, -0.25) is 9.59 Å². The summed E-state index contributed by atoms with van der Waals surface area (Å²) in [6.07, 6.45) is 0. The van der Waals surface area contributed by atoms with Crippen LogP contribution in [0.2, 0.25) is 0 Å². The molecule has 1 rings (SSSR count). The summed E-state index contributed by atoms with van der Waals surface area (Å²) in [4.78, 5) is 21.4. The minimum Gasteiger partial charge on any atom is -0.301 e. The highest BCUT2D eigenvalue weighted by atomic mass is 16.2. The van der Waals surface area contributed by atoms with Crippen molar-refractivity contribution in [3.63, 3.8) is 0 Å². The van der Waals surface area contributed by atoms with Gasteiger partial charge in [-0.1, -0.05) is 0 Å². The van der Waals surface area contributed by atoms with E-state index >= 15 is 0 Å². The predicted molar refractivity (Wildman–Crippen MR) is 32.2 cm³/mol. The van der Waals surface area contributed by atoms with Crippen LogP contribution in [0.25, 0.3) is 0 Å². The van der Waals surface area contributed by atoms with Crippen LogP contribution in [0.5, 0.6) is 0 Å². The Bertz CT molecular complexity index is 179. The summed E-state index contributed by atoms with van der Waals surface area (Å²) in [6.45, 7) is 0. The minimum absolute atomic E-state index is 0.829. The number of rotatable bonds is 0. The third-order valence-corrected chi connectivity index (χ3v) is 1.50. The Balaban J connectivity index is 3.00. The molecule has 0 atom stereocenters. The van der Waals surface area contributed by atoms with Crippen LogP contribution in [-0.4, -0.2) is 22.9 Å². The van der Waals surface area contributed by atoms with Crippen LogP contribution in [0.3, 0.4) is 0 Å². The van der Waals surface area contributed by atoms with E-state index in [1.807, 2.05) is 0 Å². The van der Waals surface area contributed by atoms with Crippen molar-refractivity contribution < 1.29 is 9.59 Å². The molecule has 0 aromatic carbocycles. The van der Waals surface area contributed by atoms with Gasteiger partial charge in [-0.15, -0.1) is 0 Å². The molecular weight excluding hydrogens is 136 g/mol. The maximum atomic E-state index is 10.7. The molecule has 0 aromatic rings. The van der Waals surface area contributed by atoms with Gasteiger partial charge in [0.2, 0.25) is 11.6 Å². The summed E-state index contributed by atoms with van der Waals surface area (Å²) in [6, 6.07) is 0. The van der Waals surface area contributed by atoms with Gasteiger partial charge in [-0.05, 0) is 0 Å². The summed E-state index contributed by atoms with van der Waals surface area (Å²) in [5.41, 5.74) is 16.1. The lowest BCUT2D eigenvalue weighted by Crippen LogP contribution is -2.90. The van der Waals surface area contributed by atoms with E-state index < -0.39 is 22.9 Å². The summed E-state index contributed by atoms with van der Waals surface area (Å²) >= 11 is 0. The molecule has 0 heterocycles. The second-order valence-corrected chi connectivity index (χ2v) is 2.40. The molecule has 0 unspecified atom stereocenters. The quantitative estimate of drug-likeness (QED) is 0.204. The van der Waals surface area contributed by atoms with Crippen molar-refractivity contribution in [3.8, 4) is 0 Å². The zero-order chi connectivity index (χ0) is 8.15. The molecule has 10 heavy (non-hydrogen) atoms. The maximum absolute atomic E-state index is 10.7. The van der Waals surface area contributed by atoms with Crippen molar-refractivity contribution in [1.82, 2.24) is 0 Å². The van der Waals surface area contributed by atoms with E-state index in [0.717, 1.165) is 0 Å². The molecule has 0 amide bonds. The predicted octanol–water partition coefficient (Wildman–Crippen LogP) is -3.63. The van der Waals surface area contributed by atoms with Gasteiger partial charge in [-0.25, -0.2) is 0 Å². The van der Waals surface area contributed by atoms with E-state index in [1.165, 1.54) is 0 Å². The number of hydrogen-bond donors (Lipinski definition) is 4. The van der Waals surface area contributed by atoms with Crippen molar-refractivity contribution in [2.24, 2.45) is 22.9 Å². The van der Waals surface area contributed by atoms with E-state index in [2.05, 4.69) is 0 Å². The van der Waals surface area contributed by atoms with Gasteiger partial charge >= 0.3 is 0 Å². The lowest BCUT2D eigenvalue weighted by atomic mass is 9.73. The second-order valence-electron chi connectivity index (χ2n) is 2.40. The van der Waals surface area contributed by atoms with E-state index in [0.29, 0.717) is 0 Å². The number of hydrogen-bond acceptors (Lipinski definition) is 6. The summed E-state index contributed by atoms with van der Waals surface area (Å²) in [5.74, 6) is -1.66. The molecule has 6 heteroatoms. The first-order chi connectivity index (χ1) is 4.31. The fourth-order valence-corrected chi connectivity index (χ4v) is 0.828. The Kier molecular flexibility index (Phi) is 1.04. The Labute approximate surface area is 56.5 Å². The van der Waals surface area contributed by atoms with Gasteiger partial charge in [0.05, 0.1) is 0 Å². The Morgan fingerprint density at radius 1 is 0.800 bits per heavy atom. The second kappa shape index (κ2) is 1.43. The van der Waals surface area contributed by atoms with Gasteiger partial charge in [0.25, 0.3) is 0 Å². The lowest BCUT2D eigenvalue weighted by molar-refractivity contribution is -0.154. The largest absolute Gasteiger partial charge is 0.301 e. The van der Waals surface area contributed by atoms with Gasteiger partial charge in [0, 0.05) is 0 Å². The Morgan fingerprint density at radius 3 is 1.10 bits per heavy atom. The topological polar surface area (TPSA) is 138 Å². The molecule has 1 fully saturated rings.